The lowest BCUT2D eigenvalue weighted by Crippen LogP contribution is -2.27. The Morgan fingerprint density at radius 2 is 1.63 bits per heavy atom. The highest BCUT2D eigenvalue weighted by Gasteiger charge is 2.32. The van der Waals surface area contributed by atoms with Crippen molar-refractivity contribution in [2.45, 2.75) is 11.9 Å². The Hall–Kier alpha value is -5.09. The molecule has 10 heteroatoms. The lowest BCUT2D eigenvalue weighted by Gasteiger charge is -2.24. The Morgan fingerprint density at radius 3 is 2.33 bits per heavy atom. The molecule has 0 spiro atoms. The summed E-state index contributed by atoms with van der Waals surface area (Å²) in [7, 11) is 1.58. The van der Waals surface area contributed by atoms with Gasteiger partial charge in [-0.3, -0.25) is 14.4 Å². The Kier molecular flexibility index (Phi) is 9.71. The molecular formula is C33H30N4O5S. The number of carbonyl (C=O) groups is 3. The minimum absolute atomic E-state index is 0.0994. The molecule has 1 aliphatic heterocycles. The van der Waals surface area contributed by atoms with Gasteiger partial charge in [-0.05, 0) is 77.4 Å². The fraction of sp³-hybridized carbons (Fsp3) is 0.152. The number of hydrazone groups is 1. The SMILES string of the molecule is COc1ccc(NC(=O)COc2ccc(/C=N/NC(=O)c3ccc(C4SCC(=O)N4Cc4ccccc4)cc3)cc2)cc1. The zero-order valence-electron chi connectivity index (χ0n) is 23.4. The molecule has 9 nitrogen and oxygen atoms in total. The summed E-state index contributed by atoms with van der Waals surface area (Å²) in [6.07, 6.45) is 1.52. The third kappa shape index (κ3) is 8.02. The van der Waals surface area contributed by atoms with Gasteiger partial charge in [-0.2, -0.15) is 5.10 Å². The van der Waals surface area contributed by atoms with Crippen LogP contribution >= 0.6 is 11.8 Å². The molecule has 3 amide bonds. The number of anilines is 1. The summed E-state index contributed by atoms with van der Waals surface area (Å²) in [5.41, 5.74) is 6.43. The highest BCUT2D eigenvalue weighted by Crippen LogP contribution is 2.39. The van der Waals surface area contributed by atoms with Gasteiger partial charge in [0.15, 0.2) is 6.61 Å². The molecule has 43 heavy (non-hydrogen) atoms. The third-order valence-corrected chi connectivity index (χ3v) is 7.88. The van der Waals surface area contributed by atoms with E-state index in [1.54, 1.807) is 79.5 Å². The van der Waals surface area contributed by atoms with Gasteiger partial charge < -0.3 is 19.7 Å². The monoisotopic (exact) mass is 594 g/mol. The Balaban J connectivity index is 1.08. The lowest BCUT2D eigenvalue weighted by atomic mass is 10.1. The molecule has 1 fully saturated rings. The van der Waals surface area contributed by atoms with E-state index in [2.05, 4.69) is 15.8 Å². The zero-order valence-corrected chi connectivity index (χ0v) is 24.3. The highest BCUT2D eigenvalue weighted by atomic mass is 32.2. The molecule has 218 valence electrons. The van der Waals surface area contributed by atoms with E-state index in [1.807, 2.05) is 47.4 Å². The fourth-order valence-electron chi connectivity index (χ4n) is 4.38. The van der Waals surface area contributed by atoms with Crippen molar-refractivity contribution in [3.63, 3.8) is 0 Å². The molecule has 0 saturated carbocycles. The van der Waals surface area contributed by atoms with Gasteiger partial charge in [0.1, 0.15) is 16.9 Å². The number of carbonyl (C=O) groups excluding carboxylic acids is 3. The first-order valence-corrected chi connectivity index (χ1v) is 14.6. The van der Waals surface area contributed by atoms with Crippen molar-refractivity contribution in [1.29, 1.82) is 0 Å². The number of hydrogen-bond acceptors (Lipinski definition) is 7. The van der Waals surface area contributed by atoms with E-state index in [0.717, 1.165) is 16.7 Å². The zero-order chi connectivity index (χ0) is 30.0. The Labute approximate surface area is 253 Å². The second-order valence-corrected chi connectivity index (χ2v) is 10.7. The van der Waals surface area contributed by atoms with E-state index in [1.165, 1.54) is 6.21 Å². The predicted molar refractivity (Wildman–Crippen MR) is 167 cm³/mol. The first kappa shape index (κ1) is 29.4. The van der Waals surface area contributed by atoms with Crippen LogP contribution in [0.3, 0.4) is 0 Å². The van der Waals surface area contributed by atoms with E-state index < -0.39 is 0 Å². The van der Waals surface area contributed by atoms with Crippen molar-refractivity contribution in [1.82, 2.24) is 10.3 Å². The summed E-state index contributed by atoms with van der Waals surface area (Å²) in [4.78, 5) is 39.2. The summed E-state index contributed by atoms with van der Waals surface area (Å²) >= 11 is 1.58. The van der Waals surface area contributed by atoms with Gasteiger partial charge in [-0.25, -0.2) is 5.43 Å². The van der Waals surface area contributed by atoms with Gasteiger partial charge in [0.2, 0.25) is 5.91 Å². The van der Waals surface area contributed by atoms with Crippen molar-refractivity contribution < 1.29 is 23.9 Å². The van der Waals surface area contributed by atoms with Crippen LogP contribution in [0.2, 0.25) is 0 Å². The minimum Gasteiger partial charge on any atom is -0.497 e. The molecular weight excluding hydrogens is 564 g/mol. The van der Waals surface area contributed by atoms with Crippen LogP contribution in [-0.4, -0.2) is 48.3 Å². The van der Waals surface area contributed by atoms with Crippen LogP contribution < -0.4 is 20.2 Å². The van der Waals surface area contributed by atoms with Crippen LogP contribution in [0.4, 0.5) is 5.69 Å². The van der Waals surface area contributed by atoms with Crippen molar-refractivity contribution in [3.05, 3.63) is 125 Å². The maximum absolute atomic E-state index is 12.6. The summed E-state index contributed by atoms with van der Waals surface area (Å²) in [6, 6.07) is 31.1. The van der Waals surface area contributed by atoms with Gasteiger partial charge in [-0.15, -0.1) is 11.8 Å². The molecule has 0 aromatic heterocycles. The molecule has 4 aromatic rings. The summed E-state index contributed by atoms with van der Waals surface area (Å²) < 4.78 is 10.7. The van der Waals surface area contributed by atoms with E-state index in [-0.39, 0.29) is 29.7 Å². The molecule has 1 atom stereocenters. The van der Waals surface area contributed by atoms with Crippen LogP contribution in [0.5, 0.6) is 11.5 Å². The largest absolute Gasteiger partial charge is 0.497 e. The number of nitrogens with zero attached hydrogens (tertiary/aromatic N) is 2. The maximum atomic E-state index is 12.6. The molecule has 0 bridgehead atoms. The van der Waals surface area contributed by atoms with E-state index in [4.69, 9.17) is 9.47 Å². The summed E-state index contributed by atoms with van der Waals surface area (Å²) in [5.74, 6) is 1.13. The first-order chi connectivity index (χ1) is 21.0. The van der Waals surface area contributed by atoms with E-state index in [0.29, 0.717) is 35.0 Å². The van der Waals surface area contributed by atoms with Crippen molar-refractivity contribution in [3.8, 4) is 11.5 Å². The van der Waals surface area contributed by atoms with Crippen LogP contribution in [-0.2, 0) is 16.1 Å². The molecule has 1 heterocycles. The van der Waals surface area contributed by atoms with E-state index >= 15 is 0 Å². The molecule has 1 unspecified atom stereocenters. The average molecular weight is 595 g/mol. The number of rotatable bonds is 11. The minimum atomic E-state index is -0.345. The number of thioether (sulfide) groups is 1. The van der Waals surface area contributed by atoms with Crippen LogP contribution in [0, 0.1) is 0 Å². The summed E-state index contributed by atoms with van der Waals surface area (Å²) in [5, 5.41) is 6.71. The standard InChI is InChI=1S/C33H30N4O5S/c1-41-28-17-13-27(14-18-28)35-30(38)21-42-29-15-7-23(8-16-29)19-34-36-32(40)25-9-11-26(12-10-25)33-37(31(39)22-43-33)20-24-5-3-2-4-6-24/h2-19,33H,20-22H2,1H3,(H,35,38)(H,36,40)/b34-19+. The van der Waals surface area contributed by atoms with Crippen LogP contribution in [0.25, 0.3) is 0 Å². The molecule has 4 aromatic carbocycles. The maximum Gasteiger partial charge on any atom is 0.271 e. The number of methoxy groups -OCH3 is 1. The quantitative estimate of drug-likeness (QED) is 0.181. The molecule has 0 radical (unpaired) electrons. The first-order valence-electron chi connectivity index (χ1n) is 13.5. The topological polar surface area (TPSA) is 109 Å². The smallest absolute Gasteiger partial charge is 0.271 e. The molecule has 1 saturated heterocycles. The van der Waals surface area contributed by atoms with Gasteiger partial charge in [0.25, 0.3) is 11.8 Å². The molecule has 0 aliphatic carbocycles. The summed E-state index contributed by atoms with van der Waals surface area (Å²) in [6.45, 7) is 0.399. The third-order valence-electron chi connectivity index (χ3n) is 6.63. The molecule has 2 N–H and O–H groups in total. The van der Waals surface area contributed by atoms with Crippen LogP contribution in [0.15, 0.2) is 108 Å². The number of amides is 3. The average Bonchev–Trinajstić information content (AvgIpc) is 3.40. The van der Waals surface area contributed by atoms with Crippen molar-refractivity contribution in [2.75, 3.05) is 24.8 Å². The van der Waals surface area contributed by atoms with E-state index in [9.17, 15) is 14.4 Å². The normalized spacial score (nSPS) is 14.5. The molecule has 5 rings (SSSR count). The van der Waals surface area contributed by atoms with Crippen molar-refractivity contribution in [2.24, 2.45) is 5.10 Å². The number of benzene rings is 4. The number of ether oxygens (including phenoxy) is 2. The second-order valence-electron chi connectivity index (χ2n) is 9.63. The predicted octanol–water partition coefficient (Wildman–Crippen LogP) is 5.25. The fourth-order valence-corrected chi connectivity index (χ4v) is 5.57. The molecule has 1 aliphatic rings. The van der Waals surface area contributed by atoms with Gasteiger partial charge in [0, 0.05) is 17.8 Å². The number of nitrogens with one attached hydrogen (secondary N) is 2. The van der Waals surface area contributed by atoms with Crippen LogP contribution in [0.1, 0.15) is 32.4 Å². The highest BCUT2D eigenvalue weighted by molar-refractivity contribution is 8.00. The van der Waals surface area contributed by atoms with Gasteiger partial charge >= 0.3 is 0 Å². The van der Waals surface area contributed by atoms with Gasteiger partial charge in [0.05, 0.1) is 19.1 Å². The van der Waals surface area contributed by atoms with Gasteiger partial charge in [-0.1, -0.05) is 42.5 Å². The lowest BCUT2D eigenvalue weighted by molar-refractivity contribution is -0.128. The van der Waals surface area contributed by atoms with Crippen molar-refractivity contribution >= 4 is 41.4 Å². The second kappa shape index (κ2) is 14.2. The number of hydrogen-bond donors (Lipinski definition) is 2. The Morgan fingerprint density at radius 1 is 0.930 bits per heavy atom. The Bertz CT molecular complexity index is 1580.